The van der Waals surface area contributed by atoms with E-state index in [1.54, 1.807) is 7.11 Å². The second kappa shape index (κ2) is 8.24. The number of carbonyl (C=O) groups is 2. The molecule has 0 atom stereocenters. The summed E-state index contributed by atoms with van der Waals surface area (Å²) in [5.41, 5.74) is 6.18. The van der Waals surface area contributed by atoms with Gasteiger partial charge in [0.15, 0.2) is 0 Å². The Balaban J connectivity index is 1.74. The molecule has 2 amide bonds. The molecule has 0 aliphatic carbocycles. The predicted octanol–water partition coefficient (Wildman–Crippen LogP) is 5.05. The summed E-state index contributed by atoms with van der Waals surface area (Å²) < 4.78 is 5.59. The highest BCUT2D eigenvalue weighted by Crippen LogP contribution is 2.41. The molecule has 2 heterocycles. The van der Waals surface area contributed by atoms with Crippen LogP contribution in [0.4, 0.5) is 11.4 Å². The average Bonchev–Trinajstić information content (AvgIpc) is 3.07. The first-order valence-corrected chi connectivity index (χ1v) is 11.2. The second-order valence-corrected chi connectivity index (χ2v) is 8.60. The van der Waals surface area contributed by atoms with E-state index in [2.05, 4.69) is 6.07 Å². The van der Waals surface area contributed by atoms with Crippen LogP contribution in [-0.4, -0.2) is 25.5 Å². The molecule has 0 unspecified atom stereocenters. The van der Waals surface area contributed by atoms with Gasteiger partial charge in [-0.3, -0.25) is 9.59 Å². The zero-order chi connectivity index (χ0) is 23.1. The van der Waals surface area contributed by atoms with Crippen LogP contribution in [-0.2, 0) is 16.0 Å². The number of fused-ring (bicyclic) bond motifs is 1. The summed E-state index contributed by atoms with van der Waals surface area (Å²) in [7, 11) is 1.58. The van der Waals surface area contributed by atoms with Crippen molar-refractivity contribution in [1.29, 1.82) is 0 Å². The van der Waals surface area contributed by atoms with Gasteiger partial charge in [-0.2, -0.15) is 0 Å². The number of para-hydroxylation sites is 2. The van der Waals surface area contributed by atoms with Crippen LogP contribution in [0.25, 0.3) is 5.57 Å². The number of imide groups is 1. The normalized spacial score (nSPS) is 15.8. The number of methoxy groups -OCH3 is 1. The maximum Gasteiger partial charge on any atom is 0.282 e. The molecule has 0 radical (unpaired) electrons. The van der Waals surface area contributed by atoms with Crippen LogP contribution < -0.4 is 14.5 Å². The number of nitrogens with zero attached hydrogens (tertiary/aromatic N) is 2. The van der Waals surface area contributed by atoms with Crippen molar-refractivity contribution in [2.75, 3.05) is 23.5 Å². The summed E-state index contributed by atoms with van der Waals surface area (Å²) >= 11 is 0. The summed E-state index contributed by atoms with van der Waals surface area (Å²) in [6.45, 7) is 4.61. The molecular formula is C28H26N2O3. The predicted molar refractivity (Wildman–Crippen MR) is 130 cm³/mol. The van der Waals surface area contributed by atoms with Crippen molar-refractivity contribution in [3.8, 4) is 5.75 Å². The quantitative estimate of drug-likeness (QED) is 0.535. The van der Waals surface area contributed by atoms with Crippen molar-refractivity contribution >= 4 is 28.8 Å². The Labute approximate surface area is 193 Å². The van der Waals surface area contributed by atoms with Gasteiger partial charge in [0.1, 0.15) is 11.4 Å². The summed E-state index contributed by atoms with van der Waals surface area (Å²) in [6, 6.07) is 21.3. The summed E-state index contributed by atoms with van der Waals surface area (Å²) in [5, 5.41) is 0. The van der Waals surface area contributed by atoms with Gasteiger partial charge in [0.05, 0.1) is 18.4 Å². The van der Waals surface area contributed by atoms with E-state index in [4.69, 9.17) is 4.74 Å². The number of hydrogen-bond acceptors (Lipinski definition) is 4. The van der Waals surface area contributed by atoms with E-state index >= 15 is 0 Å². The zero-order valence-corrected chi connectivity index (χ0v) is 19.1. The molecule has 0 fully saturated rings. The van der Waals surface area contributed by atoms with E-state index in [0.29, 0.717) is 34.8 Å². The number of amides is 2. The van der Waals surface area contributed by atoms with Crippen molar-refractivity contribution in [2.24, 2.45) is 0 Å². The third-order valence-electron chi connectivity index (χ3n) is 6.28. The van der Waals surface area contributed by atoms with Crippen LogP contribution in [0, 0.1) is 13.8 Å². The molecule has 0 bridgehead atoms. The first-order chi connectivity index (χ1) is 16.0. The Morgan fingerprint density at radius 3 is 2.30 bits per heavy atom. The lowest BCUT2D eigenvalue weighted by Gasteiger charge is -2.32. The molecule has 5 heteroatoms. The molecule has 0 spiro atoms. The maximum atomic E-state index is 14.0. The van der Waals surface area contributed by atoms with E-state index in [0.717, 1.165) is 29.7 Å². The van der Waals surface area contributed by atoms with Crippen molar-refractivity contribution in [2.45, 2.75) is 26.7 Å². The van der Waals surface area contributed by atoms with E-state index in [1.807, 2.05) is 79.4 Å². The fourth-order valence-electron chi connectivity index (χ4n) is 4.94. The van der Waals surface area contributed by atoms with E-state index < -0.39 is 0 Å². The van der Waals surface area contributed by atoms with Gasteiger partial charge in [-0.25, -0.2) is 4.90 Å². The van der Waals surface area contributed by atoms with Gasteiger partial charge in [-0.05, 0) is 67.6 Å². The minimum atomic E-state index is -0.326. The number of benzene rings is 3. The monoisotopic (exact) mass is 438 g/mol. The topological polar surface area (TPSA) is 49.9 Å². The average molecular weight is 439 g/mol. The number of anilines is 2. The van der Waals surface area contributed by atoms with Gasteiger partial charge in [-0.15, -0.1) is 0 Å². The SMILES string of the molecule is COc1ccccc1C1=C(N2CCCc3ccccc32)C(=O)N(c2cc(C)cc(C)c2)C1=O. The van der Waals surface area contributed by atoms with E-state index in [9.17, 15) is 9.59 Å². The second-order valence-electron chi connectivity index (χ2n) is 8.60. The molecule has 33 heavy (non-hydrogen) atoms. The molecule has 0 saturated heterocycles. The highest BCUT2D eigenvalue weighted by atomic mass is 16.5. The van der Waals surface area contributed by atoms with Crippen molar-refractivity contribution in [3.05, 3.63) is 94.7 Å². The van der Waals surface area contributed by atoms with Gasteiger partial charge >= 0.3 is 0 Å². The van der Waals surface area contributed by atoms with Crippen molar-refractivity contribution in [3.63, 3.8) is 0 Å². The van der Waals surface area contributed by atoms with Gasteiger partial charge in [-0.1, -0.05) is 42.5 Å². The molecule has 5 rings (SSSR count). The van der Waals surface area contributed by atoms with Crippen LogP contribution in [0.1, 0.15) is 28.7 Å². The van der Waals surface area contributed by atoms with Gasteiger partial charge in [0, 0.05) is 17.8 Å². The van der Waals surface area contributed by atoms with Crippen LogP contribution >= 0.6 is 0 Å². The van der Waals surface area contributed by atoms with Crippen LogP contribution in [0.2, 0.25) is 0 Å². The molecule has 0 N–H and O–H groups in total. The Kier molecular flexibility index (Phi) is 5.25. The molecule has 2 aliphatic heterocycles. The number of ether oxygens (including phenoxy) is 1. The lowest BCUT2D eigenvalue weighted by atomic mass is 9.98. The Morgan fingerprint density at radius 1 is 0.848 bits per heavy atom. The lowest BCUT2D eigenvalue weighted by Crippen LogP contribution is -2.37. The molecule has 2 aliphatic rings. The molecule has 3 aromatic rings. The highest BCUT2D eigenvalue weighted by Gasteiger charge is 2.44. The smallest absolute Gasteiger partial charge is 0.282 e. The molecule has 0 saturated carbocycles. The standard InChI is InChI=1S/C28H26N2O3/c1-18-15-19(2)17-21(16-18)30-27(31)25(22-11-5-7-13-24(22)33-3)26(28(30)32)29-14-8-10-20-9-4-6-12-23(20)29/h4-7,9,11-13,15-17H,8,10,14H2,1-3H3. The molecular weight excluding hydrogens is 412 g/mol. The van der Waals surface area contributed by atoms with Crippen LogP contribution in [0.15, 0.2) is 72.4 Å². The first kappa shape index (κ1) is 21.0. The van der Waals surface area contributed by atoms with Gasteiger partial charge < -0.3 is 9.64 Å². The molecule has 3 aromatic carbocycles. The summed E-state index contributed by atoms with van der Waals surface area (Å²) in [5.74, 6) is -0.0612. The minimum absolute atomic E-state index is 0.303. The minimum Gasteiger partial charge on any atom is -0.496 e. The first-order valence-electron chi connectivity index (χ1n) is 11.2. The van der Waals surface area contributed by atoms with Crippen molar-refractivity contribution < 1.29 is 14.3 Å². The number of hydrogen-bond donors (Lipinski definition) is 0. The van der Waals surface area contributed by atoms with Crippen molar-refractivity contribution in [1.82, 2.24) is 0 Å². The fraction of sp³-hybridized carbons (Fsp3) is 0.214. The summed E-state index contributed by atoms with van der Waals surface area (Å²) in [4.78, 5) is 31.3. The van der Waals surface area contributed by atoms with Crippen LogP contribution in [0.5, 0.6) is 5.75 Å². The van der Waals surface area contributed by atoms with Crippen LogP contribution in [0.3, 0.4) is 0 Å². The molecule has 166 valence electrons. The molecule has 0 aromatic heterocycles. The number of aryl methyl sites for hydroxylation is 3. The number of rotatable bonds is 4. The summed E-state index contributed by atoms with van der Waals surface area (Å²) in [6.07, 6.45) is 1.86. The largest absolute Gasteiger partial charge is 0.496 e. The zero-order valence-electron chi connectivity index (χ0n) is 19.1. The highest BCUT2D eigenvalue weighted by molar-refractivity contribution is 6.46. The Morgan fingerprint density at radius 2 is 1.55 bits per heavy atom. The lowest BCUT2D eigenvalue weighted by molar-refractivity contribution is -0.120. The number of carbonyl (C=O) groups excluding carboxylic acids is 2. The Bertz CT molecular complexity index is 1290. The van der Waals surface area contributed by atoms with E-state index in [-0.39, 0.29) is 11.8 Å². The maximum absolute atomic E-state index is 14.0. The van der Waals surface area contributed by atoms with Gasteiger partial charge in [0.2, 0.25) is 0 Å². The van der Waals surface area contributed by atoms with E-state index in [1.165, 1.54) is 10.5 Å². The fourth-order valence-corrected chi connectivity index (χ4v) is 4.94. The third kappa shape index (κ3) is 3.50. The Hall–Kier alpha value is -3.86. The third-order valence-corrected chi connectivity index (χ3v) is 6.28. The van der Waals surface area contributed by atoms with Gasteiger partial charge in [0.25, 0.3) is 11.8 Å². The molecule has 5 nitrogen and oxygen atoms in total.